The van der Waals surface area contributed by atoms with E-state index in [1.54, 1.807) is 31.5 Å². The molecular formula is C12H17N3O2. The van der Waals surface area contributed by atoms with Gasteiger partial charge in [0.05, 0.1) is 0 Å². The summed E-state index contributed by atoms with van der Waals surface area (Å²) in [5.41, 5.74) is 5.58. The van der Waals surface area contributed by atoms with Crippen LogP contribution in [-0.4, -0.2) is 40.1 Å². The molecule has 0 amide bonds. The highest BCUT2D eigenvalue weighted by Gasteiger charge is 2.43. The number of carboxylic acids is 1. The first-order valence-corrected chi connectivity index (χ1v) is 5.69. The Morgan fingerprint density at radius 3 is 2.71 bits per heavy atom. The van der Waals surface area contributed by atoms with Crippen LogP contribution in [0.15, 0.2) is 24.5 Å². The number of rotatable bonds is 3. The molecule has 92 valence electrons. The van der Waals surface area contributed by atoms with Crippen LogP contribution < -0.4 is 5.73 Å². The minimum absolute atomic E-state index is 0.0653. The van der Waals surface area contributed by atoms with Crippen molar-refractivity contribution in [2.45, 2.75) is 24.9 Å². The molecule has 0 aromatic carbocycles. The number of nitrogens with two attached hydrogens (primary N) is 1. The summed E-state index contributed by atoms with van der Waals surface area (Å²) < 4.78 is 0. The van der Waals surface area contributed by atoms with Crippen molar-refractivity contribution in [3.63, 3.8) is 0 Å². The van der Waals surface area contributed by atoms with Gasteiger partial charge in [-0.05, 0) is 31.0 Å². The molecule has 1 aromatic rings. The maximum absolute atomic E-state index is 11.6. The van der Waals surface area contributed by atoms with Gasteiger partial charge in [-0.3, -0.25) is 9.88 Å². The van der Waals surface area contributed by atoms with Crippen LogP contribution in [0.1, 0.15) is 18.9 Å². The Kier molecular flexibility index (Phi) is 3.13. The van der Waals surface area contributed by atoms with Crippen LogP contribution in [0, 0.1) is 0 Å². The zero-order valence-corrected chi connectivity index (χ0v) is 9.84. The Morgan fingerprint density at radius 2 is 2.24 bits per heavy atom. The van der Waals surface area contributed by atoms with Crippen molar-refractivity contribution in [1.29, 1.82) is 0 Å². The molecule has 0 aliphatic carbocycles. The molecule has 3 N–H and O–H groups in total. The summed E-state index contributed by atoms with van der Waals surface area (Å²) in [5.74, 6) is -0.849. The van der Waals surface area contributed by atoms with Crippen LogP contribution in [0.3, 0.4) is 0 Å². The molecule has 0 bridgehead atoms. The van der Waals surface area contributed by atoms with Crippen molar-refractivity contribution < 1.29 is 9.90 Å². The van der Waals surface area contributed by atoms with E-state index < -0.39 is 11.5 Å². The SMILES string of the molecule is CC(C(=O)O)(c1ccncc1)N1CCC(N)C1. The number of hydrogen-bond acceptors (Lipinski definition) is 4. The lowest BCUT2D eigenvalue weighted by Gasteiger charge is -2.35. The predicted molar refractivity (Wildman–Crippen MR) is 63.4 cm³/mol. The fourth-order valence-corrected chi connectivity index (χ4v) is 2.31. The quantitative estimate of drug-likeness (QED) is 0.793. The van der Waals surface area contributed by atoms with E-state index in [-0.39, 0.29) is 6.04 Å². The van der Waals surface area contributed by atoms with E-state index in [0.717, 1.165) is 12.0 Å². The Balaban J connectivity index is 2.37. The number of likely N-dealkylation sites (tertiary alicyclic amines) is 1. The van der Waals surface area contributed by atoms with Gasteiger partial charge in [0.2, 0.25) is 0 Å². The van der Waals surface area contributed by atoms with Crippen molar-refractivity contribution in [3.8, 4) is 0 Å². The second kappa shape index (κ2) is 4.43. The van der Waals surface area contributed by atoms with E-state index in [1.165, 1.54) is 0 Å². The van der Waals surface area contributed by atoms with E-state index in [0.29, 0.717) is 13.1 Å². The molecule has 0 spiro atoms. The van der Waals surface area contributed by atoms with Gasteiger partial charge in [-0.15, -0.1) is 0 Å². The lowest BCUT2D eigenvalue weighted by molar-refractivity contribution is -0.150. The number of pyridine rings is 1. The molecule has 0 radical (unpaired) electrons. The molecule has 5 heteroatoms. The molecule has 17 heavy (non-hydrogen) atoms. The molecule has 1 fully saturated rings. The van der Waals surface area contributed by atoms with E-state index >= 15 is 0 Å². The van der Waals surface area contributed by atoms with Crippen molar-refractivity contribution >= 4 is 5.97 Å². The van der Waals surface area contributed by atoms with E-state index in [1.807, 2.05) is 4.90 Å². The van der Waals surface area contributed by atoms with E-state index in [4.69, 9.17) is 5.73 Å². The molecule has 1 aliphatic rings. The fraction of sp³-hybridized carbons (Fsp3) is 0.500. The summed E-state index contributed by atoms with van der Waals surface area (Å²) in [6.07, 6.45) is 4.08. The first kappa shape index (κ1) is 12.0. The van der Waals surface area contributed by atoms with Gasteiger partial charge in [0, 0.05) is 31.5 Å². The zero-order valence-electron chi connectivity index (χ0n) is 9.84. The summed E-state index contributed by atoms with van der Waals surface area (Å²) in [5, 5.41) is 9.53. The first-order chi connectivity index (χ1) is 8.05. The molecule has 5 nitrogen and oxygen atoms in total. The normalized spacial score (nSPS) is 24.5. The second-order valence-corrected chi connectivity index (χ2v) is 4.61. The minimum atomic E-state index is -1.02. The summed E-state index contributed by atoms with van der Waals surface area (Å²) in [6.45, 7) is 3.06. The zero-order chi connectivity index (χ0) is 12.5. The van der Waals surface area contributed by atoms with E-state index in [2.05, 4.69) is 4.98 Å². The Morgan fingerprint density at radius 1 is 1.59 bits per heavy atom. The van der Waals surface area contributed by atoms with Gasteiger partial charge in [-0.2, -0.15) is 0 Å². The molecule has 2 atom stereocenters. The third kappa shape index (κ3) is 2.03. The van der Waals surface area contributed by atoms with Crippen LogP contribution >= 0.6 is 0 Å². The van der Waals surface area contributed by atoms with Crippen LogP contribution in [-0.2, 0) is 10.3 Å². The van der Waals surface area contributed by atoms with Crippen LogP contribution in [0.25, 0.3) is 0 Å². The van der Waals surface area contributed by atoms with Gasteiger partial charge in [0.1, 0.15) is 5.54 Å². The third-order valence-corrected chi connectivity index (χ3v) is 3.52. The first-order valence-electron chi connectivity index (χ1n) is 5.69. The highest BCUT2D eigenvalue weighted by atomic mass is 16.4. The Hall–Kier alpha value is -1.46. The van der Waals surface area contributed by atoms with Gasteiger partial charge in [-0.25, -0.2) is 4.79 Å². The third-order valence-electron chi connectivity index (χ3n) is 3.52. The second-order valence-electron chi connectivity index (χ2n) is 4.61. The number of carbonyl (C=O) groups is 1. The van der Waals surface area contributed by atoms with Gasteiger partial charge in [0.25, 0.3) is 0 Å². The van der Waals surface area contributed by atoms with Crippen molar-refractivity contribution in [3.05, 3.63) is 30.1 Å². The lowest BCUT2D eigenvalue weighted by atomic mass is 9.91. The molecule has 2 unspecified atom stereocenters. The fourth-order valence-electron chi connectivity index (χ4n) is 2.31. The molecule has 2 rings (SSSR count). The van der Waals surface area contributed by atoms with Gasteiger partial charge >= 0.3 is 5.97 Å². The summed E-state index contributed by atoms with van der Waals surface area (Å²) in [6, 6.07) is 3.56. The molecule has 2 heterocycles. The number of aliphatic carboxylic acids is 1. The highest BCUT2D eigenvalue weighted by Crippen LogP contribution is 2.31. The standard InChI is InChI=1S/C12H17N3O2/c1-12(11(16)17,9-2-5-14-6-3-9)15-7-4-10(13)8-15/h2-3,5-6,10H,4,7-8,13H2,1H3,(H,16,17). The Bertz CT molecular complexity index is 409. The molecule has 1 aromatic heterocycles. The molecule has 1 aliphatic heterocycles. The van der Waals surface area contributed by atoms with Crippen LogP contribution in [0.2, 0.25) is 0 Å². The van der Waals surface area contributed by atoms with Crippen LogP contribution in [0.4, 0.5) is 0 Å². The minimum Gasteiger partial charge on any atom is -0.480 e. The highest BCUT2D eigenvalue weighted by molar-refractivity contribution is 5.80. The largest absolute Gasteiger partial charge is 0.480 e. The number of hydrogen-bond donors (Lipinski definition) is 2. The molecular weight excluding hydrogens is 218 g/mol. The average Bonchev–Trinajstić information content (AvgIpc) is 2.76. The lowest BCUT2D eigenvalue weighted by Crippen LogP contribution is -2.49. The van der Waals surface area contributed by atoms with Crippen molar-refractivity contribution in [1.82, 2.24) is 9.88 Å². The van der Waals surface area contributed by atoms with Crippen molar-refractivity contribution in [2.75, 3.05) is 13.1 Å². The van der Waals surface area contributed by atoms with Gasteiger partial charge in [-0.1, -0.05) is 0 Å². The number of nitrogens with zero attached hydrogens (tertiary/aromatic N) is 2. The van der Waals surface area contributed by atoms with Crippen LogP contribution in [0.5, 0.6) is 0 Å². The summed E-state index contributed by atoms with van der Waals surface area (Å²) in [7, 11) is 0. The monoisotopic (exact) mass is 235 g/mol. The molecule has 0 saturated carbocycles. The summed E-state index contributed by atoms with van der Waals surface area (Å²) in [4.78, 5) is 17.5. The molecule has 1 saturated heterocycles. The van der Waals surface area contributed by atoms with Gasteiger partial charge in [0.15, 0.2) is 0 Å². The Labute approximate surface area is 100 Å². The number of aromatic nitrogens is 1. The smallest absolute Gasteiger partial charge is 0.328 e. The van der Waals surface area contributed by atoms with Crippen molar-refractivity contribution in [2.24, 2.45) is 5.73 Å². The topological polar surface area (TPSA) is 79.5 Å². The average molecular weight is 235 g/mol. The summed E-state index contributed by atoms with van der Waals surface area (Å²) >= 11 is 0. The van der Waals surface area contributed by atoms with Gasteiger partial charge < -0.3 is 10.8 Å². The maximum Gasteiger partial charge on any atom is 0.328 e. The predicted octanol–water partition coefficient (Wildman–Crippen LogP) is 0.414. The van der Waals surface area contributed by atoms with E-state index in [9.17, 15) is 9.90 Å². The maximum atomic E-state index is 11.6. The number of carboxylic acid groups (broad SMARTS) is 1.